The van der Waals surface area contributed by atoms with Gasteiger partial charge in [0, 0.05) is 56.5 Å². The normalized spacial score (nSPS) is 29.6. The van der Waals surface area contributed by atoms with Crippen LogP contribution in [0.4, 0.5) is 0 Å². The van der Waals surface area contributed by atoms with Crippen molar-refractivity contribution in [3.8, 4) is 0 Å². The average molecular weight is 1810 g/mol. The van der Waals surface area contributed by atoms with Crippen LogP contribution in [-0.4, -0.2) is 168 Å². The van der Waals surface area contributed by atoms with Gasteiger partial charge in [0.1, 0.15) is 9.84 Å². The fraction of sp³-hybridized carbons (Fsp3) is 0.945. The maximum atomic E-state index is 11.0. The number of sulfone groups is 1. The number of hydrogen-bond acceptors (Lipinski definition) is 12. The molecule has 0 aromatic heterocycles. The number of morpholine rings is 1. The zero-order chi connectivity index (χ0) is 92.2. The fourth-order valence-corrected chi connectivity index (χ4v) is 26.3. The number of benzene rings is 1. The van der Waals surface area contributed by atoms with Gasteiger partial charge in [0.05, 0.1) is 29.6 Å². The van der Waals surface area contributed by atoms with Crippen LogP contribution in [0, 0.1) is 124 Å². The van der Waals surface area contributed by atoms with Gasteiger partial charge in [-0.1, -0.05) is 197 Å². The van der Waals surface area contributed by atoms with E-state index in [2.05, 4.69) is 177 Å². The summed E-state index contributed by atoms with van der Waals surface area (Å²) in [6, 6.07) is 10.9. The van der Waals surface area contributed by atoms with E-state index in [4.69, 9.17) is 20.3 Å². The highest BCUT2D eigenvalue weighted by Gasteiger charge is 2.35. The summed E-state index contributed by atoms with van der Waals surface area (Å²) in [6.07, 6.45) is 53.4. The van der Waals surface area contributed by atoms with Gasteiger partial charge >= 0.3 is 0 Å². The summed E-state index contributed by atoms with van der Waals surface area (Å²) in [6.45, 7) is 67.8. The number of ether oxygens (including phenoxy) is 2. The van der Waals surface area contributed by atoms with Crippen molar-refractivity contribution < 1.29 is 26.3 Å². The lowest BCUT2D eigenvalue weighted by Gasteiger charge is -2.41. The summed E-state index contributed by atoms with van der Waals surface area (Å²) in [5, 5.41) is 5.00. The number of primary sulfonamides is 1. The molecule has 125 heavy (non-hydrogen) atoms. The topological polar surface area (TPSA) is 152 Å². The molecule has 7 heterocycles. The zero-order valence-corrected chi connectivity index (χ0v) is 89.1. The molecule has 0 atom stereocenters. The van der Waals surface area contributed by atoms with Crippen LogP contribution in [0.25, 0.3) is 0 Å². The molecule has 13 fully saturated rings. The van der Waals surface area contributed by atoms with E-state index in [1.54, 1.807) is 12.1 Å². The third-order valence-electron chi connectivity index (χ3n) is 33.9. The molecule has 736 valence electrons. The summed E-state index contributed by atoms with van der Waals surface area (Å²) in [7, 11) is -6.21. The third-order valence-corrected chi connectivity index (χ3v) is 37.5. The molecule has 0 unspecified atom stereocenters. The molecule has 4 N–H and O–H groups in total. The molecule has 7 aliphatic heterocycles. The van der Waals surface area contributed by atoms with Gasteiger partial charge in [-0.05, 0) is 417 Å². The number of thioether (sulfide) groups is 1. The SMILES string of the molecule is CC(C)C1CCC(N)CC1.CC(C)C1CCC(N2CCCCC2)CC1.CC(C)C1CCC(N2CCOCC2)CC1.CC(C)C1CCOCC1.CC(C)C1CCS(=O)(=O)CC1.CC(C)C1CCSCC1.CC(C)c1cccc(S(N)(=O)=O)c1.CC1CCN(C2CCC(C(C)C)CC2)CC1.CC1CCN(C2CCC(C(C)C)CC2)CC1.CCC1CCC(C(C)C)CC1. The lowest BCUT2D eigenvalue weighted by atomic mass is 9.76. The predicted molar refractivity (Wildman–Crippen MR) is 547 cm³/mol. The van der Waals surface area contributed by atoms with Crippen molar-refractivity contribution in [2.45, 2.75) is 444 Å². The summed E-state index contributed by atoms with van der Waals surface area (Å²) < 4.78 is 54.7. The monoisotopic (exact) mass is 1810 g/mol. The van der Waals surface area contributed by atoms with Crippen molar-refractivity contribution in [2.24, 2.45) is 135 Å². The first kappa shape index (κ1) is 115. The highest BCUT2D eigenvalue weighted by molar-refractivity contribution is 7.99. The van der Waals surface area contributed by atoms with Gasteiger partial charge in [0.15, 0.2) is 0 Å². The second kappa shape index (κ2) is 62.7. The summed E-state index contributed by atoms with van der Waals surface area (Å²) in [5.41, 5.74) is 6.78. The first-order chi connectivity index (χ1) is 59.3. The Morgan fingerprint density at radius 2 is 0.648 bits per heavy atom. The summed E-state index contributed by atoms with van der Waals surface area (Å²) in [5.74, 6) is 23.4. The van der Waals surface area contributed by atoms with E-state index in [1.165, 1.54) is 288 Å². The van der Waals surface area contributed by atoms with E-state index >= 15 is 0 Å². The Kier molecular flexibility index (Phi) is 57.5. The van der Waals surface area contributed by atoms with Crippen LogP contribution >= 0.6 is 11.8 Å². The van der Waals surface area contributed by atoms with Gasteiger partial charge in [0.2, 0.25) is 10.0 Å². The molecule has 0 spiro atoms. The molecule has 0 radical (unpaired) electrons. The Balaban J connectivity index is 0.000000248. The minimum Gasteiger partial charge on any atom is -0.381 e. The molecule has 1 aromatic rings. The maximum Gasteiger partial charge on any atom is 0.238 e. The molecular formula is C110H212N6O6S3. The maximum absolute atomic E-state index is 11.0. The van der Waals surface area contributed by atoms with Gasteiger partial charge in [-0.15, -0.1) is 0 Å². The minimum absolute atomic E-state index is 0.179. The predicted octanol–water partition coefficient (Wildman–Crippen LogP) is 27.9. The van der Waals surface area contributed by atoms with Crippen molar-refractivity contribution in [2.75, 3.05) is 102 Å². The van der Waals surface area contributed by atoms with E-state index in [0.29, 0.717) is 35.3 Å². The molecule has 15 heteroatoms. The van der Waals surface area contributed by atoms with Gasteiger partial charge in [-0.25, -0.2) is 22.0 Å². The Bertz CT molecular complexity index is 2880. The second-order valence-corrected chi connectivity index (χ2v) is 51.3. The highest BCUT2D eigenvalue weighted by atomic mass is 32.2. The first-order valence-electron chi connectivity index (χ1n) is 54.1. The third kappa shape index (κ3) is 46.5. The van der Waals surface area contributed by atoms with Gasteiger partial charge in [0.25, 0.3) is 0 Å². The van der Waals surface area contributed by atoms with Crippen LogP contribution in [0.5, 0.6) is 0 Å². The van der Waals surface area contributed by atoms with E-state index in [0.717, 1.165) is 195 Å². The van der Waals surface area contributed by atoms with E-state index < -0.39 is 19.9 Å². The van der Waals surface area contributed by atoms with Crippen LogP contribution in [0.2, 0.25) is 0 Å². The van der Waals surface area contributed by atoms with E-state index in [1.807, 2.05) is 19.9 Å². The zero-order valence-electron chi connectivity index (χ0n) is 86.7. The molecule has 6 aliphatic carbocycles. The molecular weight excluding hydrogens is 1600 g/mol. The molecule has 14 rings (SSSR count). The number of rotatable bonds is 16. The summed E-state index contributed by atoms with van der Waals surface area (Å²) >= 11 is 2.12. The minimum atomic E-state index is -3.56. The lowest BCUT2D eigenvalue weighted by molar-refractivity contribution is 0.00308. The molecule has 0 bridgehead atoms. The Labute approximate surface area is 783 Å². The first-order valence-corrected chi connectivity index (χ1v) is 58.6. The number of piperidine rings is 3. The van der Waals surface area contributed by atoms with Crippen LogP contribution < -0.4 is 10.9 Å². The molecule has 12 nitrogen and oxygen atoms in total. The molecule has 0 amide bonds. The lowest BCUT2D eigenvalue weighted by Crippen LogP contribution is -2.45. The average Bonchev–Trinajstić information content (AvgIpc) is 0.868. The van der Waals surface area contributed by atoms with Crippen molar-refractivity contribution in [3.63, 3.8) is 0 Å². The second-order valence-electron chi connectivity index (χ2n) is 46.2. The van der Waals surface area contributed by atoms with Crippen LogP contribution in [-0.2, 0) is 29.3 Å². The molecule has 13 aliphatic rings. The smallest absolute Gasteiger partial charge is 0.238 e. The van der Waals surface area contributed by atoms with E-state index in [-0.39, 0.29) is 4.90 Å². The fourth-order valence-electron chi connectivity index (χ4n) is 23.0. The van der Waals surface area contributed by atoms with Crippen molar-refractivity contribution in [1.29, 1.82) is 0 Å². The standard InChI is InChI=1S/2C15H29N.C14H27N.C13H25NO.C11H22.C9H13NO2S.C9H19N.C8H16O2S.C8H16O.C8H16S/c2*1-12(2)14-4-6-15(7-5-14)16-10-8-13(3)9-11-16;1-12(2)13-6-8-14(9-7-13)15-10-4-3-5-11-15;1-11(2)12-3-5-13(6-4-12)14-7-9-15-10-8-14;1-4-10-5-7-11(8-6-10)9(2)3;1-7(2)8-4-3-5-9(6-8)13(10,11)12;1-7(2)8-3-5-9(10)6-4-8;1-7(2)8-3-5-11(9,10)6-4-8;2*1-7(2)8-3-5-9-6-4-8/h2*12-15H,4-11H2,1-3H3;12-14H,3-11H2,1-2H3;11-13H,3-10H2,1-2H3;9-11H,4-8H2,1-3H3;3-7H,1-2H3,(H2,10,11,12);7-9H,3-6,10H2,1-2H3;7-8H,3-6H2,1-2H3;2*7-8H,3-6H2,1-2H3. The van der Waals surface area contributed by atoms with Crippen LogP contribution in [0.15, 0.2) is 29.2 Å². The number of sulfonamides is 1. The van der Waals surface area contributed by atoms with E-state index in [9.17, 15) is 16.8 Å². The number of nitrogens with zero attached hydrogens (tertiary/aromatic N) is 4. The molecule has 6 saturated carbocycles. The highest BCUT2D eigenvalue weighted by Crippen LogP contribution is 2.40. The van der Waals surface area contributed by atoms with Gasteiger partial charge < -0.3 is 29.9 Å². The largest absolute Gasteiger partial charge is 0.381 e. The van der Waals surface area contributed by atoms with Crippen LogP contribution in [0.1, 0.15) is 415 Å². The number of likely N-dealkylation sites (tertiary alicyclic amines) is 3. The Hall–Kier alpha value is -0.850. The number of hydrogen-bond donors (Lipinski definition) is 2. The summed E-state index contributed by atoms with van der Waals surface area (Å²) in [4.78, 5) is 11.2. The molecule has 1 aromatic carbocycles. The Morgan fingerprint density at radius 1 is 0.360 bits per heavy atom. The van der Waals surface area contributed by atoms with Crippen molar-refractivity contribution >= 4 is 31.6 Å². The Morgan fingerprint density at radius 3 is 0.952 bits per heavy atom. The van der Waals surface area contributed by atoms with Crippen LogP contribution in [0.3, 0.4) is 0 Å². The van der Waals surface area contributed by atoms with Gasteiger partial charge in [-0.3, -0.25) is 4.90 Å². The van der Waals surface area contributed by atoms with Gasteiger partial charge in [-0.2, -0.15) is 11.8 Å². The van der Waals surface area contributed by atoms with Crippen molar-refractivity contribution in [3.05, 3.63) is 29.8 Å². The quantitative estimate of drug-likeness (QED) is 0.162. The molecule has 7 saturated heterocycles. The van der Waals surface area contributed by atoms with Crippen molar-refractivity contribution in [1.82, 2.24) is 19.6 Å². The number of nitrogens with two attached hydrogens (primary N) is 2.